The molecule has 2 aromatic rings. The molecule has 0 saturated heterocycles. The maximum Gasteiger partial charge on any atom is 0.323 e. The number of carbonyl (C=O) groups excluding carboxylic acids is 1. The fraction of sp³-hybridized carbons (Fsp3) is 0.133. The highest BCUT2D eigenvalue weighted by Crippen LogP contribution is 2.25. The Bertz CT molecular complexity index is 624. The quantitative estimate of drug-likeness (QED) is 0.771. The standard InChI is InChI=1S/C15H14BrFN2O2/c1-9(20)10-5-7-11(8-6-10)18-15(21)19-14-12(16)3-2-4-13(14)17/h2-9,20H,1H3,(H2,18,19,21). The maximum absolute atomic E-state index is 13.6. The summed E-state index contributed by atoms with van der Waals surface area (Å²) in [5.41, 5.74) is 1.37. The van der Waals surface area contributed by atoms with Crippen molar-refractivity contribution >= 4 is 33.3 Å². The highest BCUT2D eigenvalue weighted by atomic mass is 79.9. The van der Waals surface area contributed by atoms with Crippen LogP contribution in [0.3, 0.4) is 0 Å². The summed E-state index contributed by atoms with van der Waals surface area (Å²) in [6.45, 7) is 1.66. The van der Waals surface area contributed by atoms with Crippen LogP contribution in [-0.4, -0.2) is 11.1 Å². The van der Waals surface area contributed by atoms with Crippen LogP contribution in [0.4, 0.5) is 20.6 Å². The van der Waals surface area contributed by atoms with Gasteiger partial charge in [0.25, 0.3) is 0 Å². The summed E-state index contributed by atoms with van der Waals surface area (Å²) >= 11 is 3.18. The molecule has 21 heavy (non-hydrogen) atoms. The normalized spacial score (nSPS) is 11.8. The largest absolute Gasteiger partial charge is 0.389 e. The van der Waals surface area contributed by atoms with Gasteiger partial charge in [-0.2, -0.15) is 0 Å². The smallest absolute Gasteiger partial charge is 0.323 e. The second kappa shape index (κ2) is 6.69. The summed E-state index contributed by atoms with van der Waals surface area (Å²) in [4.78, 5) is 11.8. The molecule has 1 unspecified atom stereocenters. The molecular weight excluding hydrogens is 339 g/mol. The minimum absolute atomic E-state index is 0.0793. The number of hydrogen-bond donors (Lipinski definition) is 3. The third kappa shape index (κ3) is 4.03. The lowest BCUT2D eigenvalue weighted by Gasteiger charge is -2.11. The molecule has 2 aromatic carbocycles. The highest BCUT2D eigenvalue weighted by molar-refractivity contribution is 9.10. The molecule has 0 aliphatic rings. The fourth-order valence-electron chi connectivity index (χ4n) is 1.74. The molecule has 0 fully saturated rings. The van der Waals surface area contributed by atoms with E-state index in [1.165, 1.54) is 12.1 Å². The van der Waals surface area contributed by atoms with Gasteiger partial charge in [-0.25, -0.2) is 9.18 Å². The van der Waals surface area contributed by atoms with Crippen LogP contribution in [0.15, 0.2) is 46.9 Å². The van der Waals surface area contributed by atoms with Crippen molar-refractivity contribution in [2.45, 2.75) is 13.0 Å². The number of hydrogen-bond acceptors (Lipinski definition) is 2. The number of amides is 2. The van der Waals surface area contributed by atoms with Crippen LogP contribution in [-0.2, 0) is 0 Å². The van der Waals surface area contributed by atoms with Gasteiger partial charge in [0.15, 0.2) is 0 Å². The molecule has 1 atom stereocenters. The predicted molar refractivity (Wildman–Crippen MR) is 83.8 cm³/mol. The van der Waals surface area contributed by atoms with Crippen LogP contribution in [0.25, 0.3) is 0 Å². The number of urea groups is 1. The number of para-hydroxylation sites is 1. The molecule has 3 N–H and O–H groups in total. The number of halogens is 2. The van der Waals surface area contributed by atoms with Gasteiger partial charge in [-0.05, 0) is 52.7 Å². The first-order chi connectivity index (χ1) is 9.97. The van der Waals surface area contributed by atoms with E-state index in [9.17, 15) is 14.3 Å². The summed E-state index contributed by atoms with van der Waals surface area (Å²) in [5.74, 6) is -0.524. The SMILES string of the molecule is CC(O)c1ccc(NC(=O)Nc2c(F)cccc2Br)cc1. The molecular formula is C15H14BrFN2O2. The summed E-state index contributed by atoms with van der Waals surface area (Å²) in [6, 6.07) is 10.6. The van der Waals surface area contributed by atoms with Gasteiger partial charge in [0.1, 0.15) is 5.82 Å². The molecule has 6 heteroatoms. The van der Waals surface area contributed by atoms with Crippen LogP contribution >= 0.6 is 15.9 Å². The van der Waals surface area contributed by atoms with E-state index < -0.39 is 18.0 Å². The molecule has 0 bridgehead atoms. The van der Waals surface area contributed by atoms with Crippen molar-refractivity contribution in [1.29, 1.82) is 0 Å². The Morgan fingerprint density at radius 1 is 1.19 bits per heavy atom. The third-order valence-corrected chi connectivity index (χ3v) is 3.51. The minimum atomic E-state index is -0.567. The van der Waals surface area contributed by atoms with E-state index in [1.54, 1.807) is 37.3 Å². The molecule has 0 radical (unpaired) electrons. The van der Waals surface area contributed by atoms with Crippen molar-refractivity contribution in [2.24, 2.45) is 0 Å². The second-order valence-corrected chi connectivity index (χ2v) is 5.33. The number of carbonyl (C=O) groups is 1. The maximum atomic E-state index is 13.6. The van der Waals surface area contributed by atoms with Gasteiger partial charge in [-0.1, -0.05) is 18.2 Å². The van der Waals surface area contributed by atoms with Crippen LogP contribution in [0.1, 0.15) is 18.6 Å². The van der Waals surface area contributed by atoms with E-state index in [2.05, 4.69) is 26.6 Å². The Hall–Kier alpha value is -1.92. The fourth-order valence-corrected chi connectivity index (χ4v) is 2.18. The van der Waals surface area contributed by atoms with Crippen LogP contribution in [0.5, 0.6) is 0 Å². The lowest BCUT2D eigenvalue weighted by molar-refractivity contribution is 0.199. The summed E-state index contributed by atoms with van der Waals surface area (Å²) in [6.07, 6.45) is -0.567. The molecule has 0 aromatic heterocycles. The molecule has 2 amide bonds. The Kier molecular flexibility index (Phi) is 4.93. The average molecular weight is 353 g/mol. The lowest BCUT2D eigenvalue weighted by atomic mass is 10.1. The van der Waals surface area contributed by atoms with Gasteiger partial charge in [0.2, 0.25) is 0 Å². The Labute approximate surface area is 130 Å². The van der Waals surface area contributed by atoms with Crippen LogP contribution in [0.2, 0.25) is 0 Å². The number of rotatable bonds is 3. The Balaban J connectivity index is 2.05. The van der Waals surface area contributed by atoms with Crippen molar-refractivity contribution in [3.8, 4) is 0 Å². The van der Waals surface area contributed by atoms with Gasteiger partial charge in [-0.15, -0.1) is 0 Å². The Morgan fingerprint density at radius 2 is 1.86 bits per heavy atom. The zero-order valence-corrected chi connectivity index (χ0v) is 12.8. The second-order valence-electron chi connectivity index (χ2n) is 4.47. The molecule has 0 heterocycles. The van der Waals surface area contributed by atoms with E-state index in [-0.39, 0.29) is 5.69 Å². The highest BCUT2D eigenvalue weighted by Gasteiger charge is 2.10. The van der Waals surface area contributed by atoms with Crippen LogP contribution in [0, 0.1) is 5.82 Å². The molecule has 2 rings (SSSR count). The van der Waals surface area contributed by atoms with Gasteiger partial charge >= 0.3 is 6.03 Å². The molecule has 0 spiro atoms. The molecule has 0 aliphatic carbocycles. The number of benzene rings is 2. The first-order valence-corrected chi connectivity index (χ1v) is 7.06. The first kappa shape index (κ1) is 15.5. The van der Waals surface area contributed by atoms with Crippen molar-refractivity contribution in [3.63, 3.8) is 0 Å². The third-order valence-electron chi connectivity index (χ3n) is 2.85. The number of aliphatic hydroxyl groups is 1. The van der Waals surface area contributed by atoms with Crippen molar-refractivity contribution in [1.82, 2.24) is 0 Å². The molecule has 4 nitrogen and oxygen atoms in total. The number of nitrogens with one attached hydrogen (secondary N) is 2. The zero-order valence-electron chi connectivity index (χ0n) is 11.2. The topological polar surface area (TPSA) is 61.4 Å². The molecule has 0 saturated carbocycles. The van der Waals surface area contributed by atoms with E-state index >= 15 is 0 Å². The average Bonchev–Trinajstić information content (AvgIpc) is 2.43. The van der Waals surface area contributed by atoms with E-state index in [4.69, 9.17) is 0 Å². The van der Waals surface area contributed by atoms with Crippen LogP contribution < -0.4 is 10.6 Å². The van der Waals surface area contributed by atoms with E-state index in [0.29, 0.717) is 10.2 Å². The van der Waals surface area contributed by atoms with Gasteiger partial charge in [0, 0.05) is 10.2 Å². The Morgan fingerprint density at radius 3 is 2.43 bits per heavy atom. The predicted octanol–water partition coefficient (Wildman–Crippen LogP) is 4.29. The minimum Gasteiger partial charge on any atom is -0.389 e. The number of anilines is 2. The summed E-state index contributed by atoms with van der Waals surface area (Å²) in [7, 11) is 0. The monoisotopic (exact) mass is 352 g/mol. The van der Waals surface area contributed by atoms with Crippen molar-refractivity contribution in [3.05, 3.63) is 58.3 Å². The van der Waals surface area contributed by atoms with E-state index in [1.807, 2.05) is 0 Å². The van der Waals surface area contributed by atoms with E-state index in [0.717, 1.165) is 5.56 Å². The number of aliphatic hydroxyl groups excluding tert-OH is 1. The zero-order chi connectivity index (χ0) is 15.4. The van der Waals surface area contributed by atoms with Gasteiger partial charge < -0.3 is 15.7 Å². The summed E-state index contributed by atoms with van der Waals surface area (Å²) < 4.78 is 14.1. The van der Waals surface area contributed by atoms with Gasteiger partial charge in [0.05, 0.1) is 11.8 Å². The lowest BCUT2D eigenvalue weighted by Crippen LogP contribution is -2.20. The molecule has 0 aliphatic heterocycles. The first-order valence-electron chi connectivity index (χ1n) is 6.27. The summed E-state index contributed by atoms with van der Waals surface area (Å²) in [5, 5.41) is 14.4. The van der Waals surface area contributed by atoms with Gasteiger partial charge in [-0.3, -0.25) is 0 Å². The van der Waals surface area contributed by atoms with Crippen molar-refractivity contribution in [2.75, 3.05) is 10.6 Å². The molecule has 110 valence electrons. The van der Waals surface area contributed by atoms with Crippen molar-refractivity contribution < 1.29 is 14.3 Å².